The maximum atomic E-state index is 13.7. The van der Waals surface area contributed by atoms with Crippen LogP contribution in [0.15, 0.2) is 66.0 Å². The third kappa shape index (κ3) is 6.81. The van der Waals surface area contributed by atoms with Crippen LogP contribution in [-0.2, 0) is 29.2 Å². The van der Waals surface area contributed by atoms with Gasteiger partial charge in [-0.05, 0) is 47.5 Å². The molecule has 5 rings (SSSR count). The van der Waals surface area contributed by atoms with Gasteiger partial charge in [0.05, 0.1) is 12.6 Å². The zero-order valence-corrected chi connectivity index (χ0v) is 21.5. The van der Waals surface area contributed by atoms with E-state index in [0.29, 0.717) is 44.3 Å². The Bertz CT molecular complexity index is 1180. The van der Waals surface area contributed by atoms with E-state index >= 15 is 0 Å². The van der Waals surface area contributed by atoms with Crippen molar-refractivity contribution < 1.29 is 23.8 Å². The van der Waals surface area contributed by atoms with E-state index in [1.165, 1.54) is 0 Å². The monoisotopic (exact) mass is 521 g/mol. The fraction of sp³-hybridized carbons (Fsp3) is 0.357. The molecule has 0 spiro atoms. The van der Waals surface area contributed by atoms with Crippen molar-refractivity contribution in [3.63, 3.8) is 0 Å². The van der Waals surface area contributed by atoms with Gasteiger partial charge in [-0.3, -0.25) is 4.79 Å². The number of thiophene rings is 1. The van der Waals surface area contributed by atoms with E-state index < -0.39 is 0 Å². The normalized spacial score (nSPS) is 15.9. The summed E-state index contributed by atoms with van der Waals surface area (Å²) < 4.78 is 16.7. The van der Waals surface area contributed by atoms with Crippen LogP contribution in [0.2, 0.25) is 0 Å². The number of fused-ring (bicyclic) bond motifs is 1. The molecule has 9 heteroatoms. The molecule has 2 aliphatic rings. The second-order valence-electron chi connectivity index (χ2n) is 9.18. The molecule has 3 heterocycles. The molecule has 0 bridgehead atoms. The number of hydrogen-bond acceptors (Lipinski definition) is 6. The number of amides is 3. The molecule has 3 amide bonds. The van der Waals surface area contributed by atoms with E-state index in [9.17, 15) is 9.59 Å². The molecule has 1 unspecified atom stereocenters. The third-order valence-electron chi connectivity index (χ3n) is 6.44. The van der Waals surface area contributed by atoms with Gasteiger partial charge in [0.15, 0.2) is 11.5 Å². The number of ether oxygens (including phenoxy) is 3. The third-order valence-corrected chi connectivity index (χ3v) is 7.30. The van der Waals surface area contributed by atoms with Crippen molar-refractivity contribution >= 4 is 23.3 Å². The van der Waals surface area contributed by atoms with Crippen LogP contribution >= 0.6 is 11.3 Å². The van der Waals surface area contributed by atoms with Crippen LogP contribution in [-0.4, -0.2) is 54.3 Å². The Hall–Kier alpha value is -3.56. The first kappa shape index (κ1) is 25.1. The number of carbonyl (C=O) groups is 2. The molecule has 0 radical (unpaired) electrons. The topological polar surface area (TPSA) is 80.3 Å². The van der Waals surface area contributed by atoms with Crippen molar-refractivity contribution in [3.05, 3.63) is 82.0 Å². The molecule has 3 aromatic rings. The first-order chi connectivity index (χ1) is 18.1. The molecule has 8 nitrogen and oxygen atoms in total. The molecule has 2 aliphatic heterocycles. The minimum atomic E-state index is -0.271. The van der Waals surface area contributed by atoms with Crippen LogP contribution in [0.1, 0.15) is 28.8 Å². The van der Waals surface area contributed by atoms with Gasteiger partial charge in [-0.15, -0.1) is 11.3 Å². The van der Waals surface area contributed by atoms with Crippen LogP contribution in [0, 0.1) is 0 Å². The van der Waals surface area contributed by atoms with Crippen molar-refractivity contribution in [2.45, 2.75) is 38.6 Å². The zero-order valence-electron chi connectivity index (χ0n) is 20.6. The van der Waals surface area contributed by atoms with E-state index in [1.54, 1.807) is 21.1 Å². The smallest absolute Gasteiger partial charge is 0.318 e. The maximum Gasteiger partial charge on any atom is 0.318 e. The Balaban J connectivity index is 1.30. The Kier molecular flexibility index (Phi) is 8.22. The van der Waals surface area contributed by atoms with Crippen molar-refractivity contribution in [3.8, 4) is 11.5 Å². The Morgan fingerprint density at radius 2 is 1.81 bits per heavy atom. The highest BCUT2D eigenvalue weighted by Gasteiger charge is 2.27. The molecule has 37 heavy (non-hydrogen) atoms. The quantitative estimate of drug-likeness (QED) is 0.428. The van der Waals surface area contributed by atoms with Crippen LogP contribution in [0.4, 0.5) is 4.79 Å². The molecule has 194 valence electrons. The lowest BCUT2D eigenvalue weighted by Crippen LogP contribution is -2.48. The van der Waals surface area contributed by atoms with Crippen LogP contribution in [0.25, 0.3) is 0 Å². The summed E-state index contributed by atoms with van der Waals surface area (Å²) in [5.41, 5.74) is 1.94. The summed E-state index contributed by atoms with van der Waals surface area (Å²) in [5, 5.41) is 4.97. The number of nitrogens with one attached hydrogen (secondary N) is 1. The van der Waals surface area contributed by atoms with Crippen molar-refractivity contribution in [2.75, 3.05) is 26.5 Å². The van der Waals surface area contributed by atoms with Crippen LogP contribution < -0.4 is 14.8 Å². The second kappa shape index (κ2) is 12.1. The average molecular weight is 522 g/mol. The molecule has 0 saturated carbocycles. The summed E-state index contributed by atoms with van der Waals surface area (Å²) >= 11 is 1.60. The summed E-state index contributed by atoms with van der Waals surface area (Å²) in [7, 11) is 0. The summed E-state index contributed by atoms with van der Waals surface area (Å²) in [6.07, 6.45) is 1.79. The largest absolute Gasteiger partial charge is 0.454 e. The van der Waals surface area contributed by atoms with Crippen molar-refractivity contribution in [1.82, 2.24) is 15.1 Å². The van der Waals surface area contributed by atoms with E-state index in [1.807, 2.05) is 66.0 Å². The summed E-state index contributed by atoms with van der Waals surface area (Å²) in [6, 6.07) is 19.2. The SMILES string of the molecule is O=C(CN(CC1CCCO1)C(=O)NCc1ccccc1)N(Cc1ccc2c(c1)OCO2)Cc1cccs1. The fourth-order valence-corrected chi connectivity index (χ4v) is 5.20. The number of urea groups is 1. The van der Waals surface area contributed by atoms with Gasteiger partial charge in [-0.25, -0.2) is 4.79 Å². The lowest BCUT2D eigenvalue weighted by molar-refractivity contribution is -0.133. The first-order valence-corrected chi connectivity index (χ1v) is 13.4. The number of nitrogens with zero attached hydrogens (tertiary/aromatic N) is 2. The predicted molar refractivity (Wildman–Crippen MR) is 140 cm³/mol. The lowest BCUT2D eigenvalue weighted by atomic mass is 10.1. The molecule has 1 fully saturated rings. The molecular formula is C28H31N3O5S. The zero-order chi connectivity index (χ0) is 25.5. The maximum absolute atomic E-state index is 13.7. The van der Waals surface area contributed by atoms with Gasteiger partial charge in [-0.1, -0.05) is 42.5 Å². The highest BCUT2D eigenvalue weighted by Crippen LogP contribution is 2.33. The highest BCUT2D eigenvalue weighted by atomic mass is 32.1. The summed E-state index contributed by atoms with van der Waals surface area (Å²) in [6.45, 7) is 2.49. The Labute approximate surface area is 220 Å². The number of rotatable bonds is 10. The Morgan fingerprint density at radius 3 is 2.59 bits per heavy atom. The molecule has 1 atom stereocenters. The van der Waals surface area contributed by atoms with E-state index in [0.717, 1.165) is 28.8 Å². The standard InChI is InChI=1S/C28H31N3O5S/c32-27(19-31(17-23-8-4-12-34-23)28(33)29-15-21-6-2-1-3-7-21)30(18-24-9-5-13-37-24)16-22-10-11-25-26(14-22)36-20-35-25/h1-3,5-7,9-11,13-14,23H,4,8,12,15-20H2,(H,29,33). The predicted octanol–water partition coefficient (Wildman–Crippen LogP) is 4.40. The molecule has 0 aliphatic carbocycles. The molecule has 1 N–H and O–H groups in total. The van der Waals surface area contributed by atoms with Gasteiger partial charge in [0.25, 0.3) is 0 Å². The van der Waals surface area contributed by atoms with Gasteiger partial charge < -0.3 is 29.3 Å². The fourth-order valence-electron chi connectivity index (χ4n) is 4.48. The van der Waals surface area contributed by atoms with E-state index in [2.05, 4.69) is 5.32 Å². The van der Waals surface area contributed by atoms with Gasteiger partial charge in [0.1, 0.15) is 6.54 Å². The second-order valence-corrected chi connectivity index (χ2v) is 10.2. The van der Waals surface area contributed by atoms with E-state index in [4.69, 9.17) is 14.2 Å². The molecule has 1 saturated heterocycles. The Morgan fingerprint density at radius 1 is 0.946 bits per heavy atom. The van der Waals surface area contributed by atoms with Gasteiger partial charge in [0, 0.05) is 31.1 Å². The summed E-state index contributed by atoms with van der Waals surface area (Å²) in [4.78, 5) is 31.4. The molecular weight excluding hydrogens is 490 g/mol. The van der Waals surface area contributed by atoms with Gasteiger partial charge in [-0.2, -0.15) is 0 Å². The van der Waals surface area contributed by atoms with E-state index in [-0.39, 0.29) is 31.4 Å². The minimum absolute atomic E-state index is 0.0313. The minimum Gasteiger partial charge on any atom is -0.454 e. The van der Waals surface area contributed by atoms with Crippen LogP contribution in [0.5, 0.6) is 11.5 Å². The van der Waals surface area contributed by atoms with Crippen molar-refractivity contribution in [1.29, 1.82) is 0 Å². The average Bonchev–Trinajstić information content (AvgIpc) is 3.70. The molecule has 1 aromatic heterocycles. The first-order valence-electron chi connectivity index (χ1n) is 12.5. The van der Waals surface area contributed by atoms with Gasteiger partial charge >= 0.3 is 6.03 Å². The lowest BCUT2D eigenvalue weighted by Gasteiger charge is -2.29. The van der Waals surface area contributed by atoms with Crippen LogP contribution in [0.3, 0.4) is 0 Å². The van der Waals surface area contributed by atoms with Gasteiger partial charge in [0.2, 0.25) is 12.7 Å². The highest BCUT2D eigenvalue weighted by molar-refractivity contribution is 7.09. The molecule has 2 aromatic carbocycles. The summed E-state index contributed by atoms with van der Waals surface area (Å²) in [5.74, 6) is 1.26. The van der Waals surface area contributed by atoms with Crippen molar-refractivity contribution in [2.24, 2.45) is 0 Å². The number of carbonyl (C=O) groups excluding carboxylic acids is 2. The number of benzene rings is 2. The number of hydrogen-bond donors (Lipinski definition) is 1.